The monoisotopic (exact) mass is 537 g/mol. The van der Waals surface area contributed by atoms with E-state index < -0.39 is 17.6 Å². The molecule has 1 amide bonds. The predicted molar refractivity (Wildman–Crippen MR) is 144 cm³/mol. The van der Waals surface area contributed by atoms with Crippen molar-refractivity contribution in [3.05, 3.63) is 89.2 Å². The zero-order chi connectivity index (χ0) is 27.6. The van der Waals surface area contributed by atoms with Crippen LogP contribution in [0.1, 0.15) is 27.0 Å². The second-order valence-electron chi connectivity index (χ2n) is 9.77. The molecule has 0 aliphatic carbocycles. The van der Waals surface area contributed by atoms with Gasteiger partial charge in [0.2, 0.25) is 0 Å². The van der Waals surface area contributed by atoms with E-state index in [9.17, 15) is 18.0 Å². The van der Waals surface area contributed by atoms with E-state index in [1.54, 1.807) is 18.3 Å². The fourth-order valence-corrected chi connectivity index (χ4v) is 4.98. The molecule has 2 aromatic carbocycles. The smallest absolute Gasteiger partial charge is 0.395 e. The fraction of sp³-hybridized carbons (Fsp3) is 0.310. The highest BCUT2D eigenvalue weighted by Crippen LogP contribution is 2.35. The van der Waals surface area contributed by atoms with Crippen molar-refractivity contribution in [3.63, 3.8) is 0 Å². The number of carbonyl (C=O) groups excluding carboxylic acids is 1. The molecule has 0 atom stereocenters. The number of halogens is 3. The highest BCUT2D eigenvalue weighted by atomic mass is 19.4. The van der Waals surface area contributed by atoms with Crippen molar-refractivity contribution >= 4 is 17.2 Å². The van der Waals surface area contributed by atoms with Crippen molar-refractivity contribution in [2.75, 3.05) is 44.6 Å². The van der Waals surface area contributed by atoms with Crippen LogP contribution in [0.5, 0.6) is 0 Å². The van der Waals surface area contributed by atoms with Gasteiger partial charge in [-0.1, -0.05) is 18.2 Å². The number of imidazole rings is 1. The van der Waals surface area contributed by atoms with Gasteiger partial charge in [-0.3, -0.25) is 19.0 Å². The van der Waals surface area contributed by atoms with Crippen LogP contribution < -0.4 is 5.32 Å². The predicted octanol–water partition coefficient (Wildman–Crippen LogP) is 4.69. The molecule has 1 saturated heterocycles. The molecule has 2 aromatic heterocycles. The summed E-state index contributed by atoms with van der Waals surface area (Å²) in [5.41, 5.74) is 3.17. The molecule has 5 rings (SSSR count). The lowest BCUT2D eigenvalue weighted by Gasteiger charge is -2.34. The van der Waals surface area contributed by atoms with E-state index in [0.717, 1.165) is 28.5 Å². The lowest BCUT2D eigenvalue weighted by atomic mass is 10.0. The van der Waals surface area contributed by atoms with Crippen molar-refractivity contribution in [1.29, 1.82) is 0 Å². The number of β-amino-alcohol motifs (C(OH)–C–C–N with tert-alkyl or cyclic N) is 1. The summed E-state index contributed by atoms with van der Waals surface area (Å²) in [5, 5.41) is 11.7. The molecule has 10 heteroatoms. The number of alkyl halides is 3. The van der Waals surface area contributed by atoms with Crippen molar-refractivity contribution in [2.45, 2.75) is 19.6 Å². The second-order valence-corrected chi connectivity index (χ2v) is 9.77. The zero-order valence-electron chi connectivity index (χ0n) is 21.6. The number of fused-ring (bicyclic) bond motifs is 1. The molecule has 0 spiro atoms. The molecule has 0 unspecified atom stereocenters. The van der Waals surface area contributed by atoms with Crippen molar-refractivity contribution in [1.82, 2.24) is 19.2 Å². The standard InChI is InChI=1S/C29H30F3N5O2/c1-20-5-6-21(16-24(20)26-18-33-27-4-2-3-9-37(26)27)28(39)34-23-8-7-22(25(17-23)29(30,31)32)19-36-12-10-35(11-13-36)14-15-38/h2-9,16-18,38H,10-15,19H2,1H3,(H,34,39). The lowest BCUT2D eigenvalue weighted by Crippen LogP contribution is -2.46. The highest BCUT2D eigenvalue weighted by Gasteiger charge is 2.34. The van der Waals surface area contributed by atoms with Crippen molar-refractivity contribution in [2.24, 2.45) is 0 Å². The minimum absolute atomic E-state index is 0.0654. The van der Waals surface area contributed by atoms with Crippen LogP contribution in [0.3, 0.4) is 0 Å². The van der Waals surface area contributed by atoms with E-state index in [0.29, 0.717) is 38.3 Å². The van der Waals surface area contributed by atoms with Gasteiger partial charge in [0.25, 0.3) is 5.91 Å². The minimum Gasteiger partial charge on any atom is -0.395 e. The molecule has 0 bridgehead atoms. The summed E-state index contributed by atoms with van der Waals surface area (Å²) < 4.78 is 44.0. The number of rotatable bonds is 7. The Hall–Kier alpha value is -3.73. The van der Waals surface area contributed by atoms with Crippen molar-refractivity contribution < 1.29 is 23.1 Å². The summed E-state index contributed by atoms with van der Waals surface area (Å²) in [6.07, 6.45) is -0.936. The molecular weight excluding hydrogens is 507 g/mol. The quantitative estimate of drug-likeness (QED) is 0.358. The van der Waals surface area contributed by atoms with Gasteiger partial charge in [-0.15, -0.1) is 0 Å². The lowest BCUT2D eigenvalue weighted by molar-refractivity contribution is -0.138. The van der Waals surface area contributed by atoms with Gasteiger partial charge in [0.05, 0.1) is 24.1 Å². The number of piperazine rings is 1. The van der Waals surface area contributed by atoms with Gasteiger partial charge in [0.15, 0.2) is 0 Å². The van der Waals surface area contributed by atoms with Crippen LogP contribution >= 0.6 is 0 Å². The van der Waals surface area contributed by atoms with Crippen LogP contribution in [0, 0.1) is 6.92 Å². The van der Waals surface area contributed by atoms with Crippen LogP contribution in [0.4, 0.5) is 18.9 Å². The van der Waals surface area contributed by atoms with Crippen LogP contribution in [0.15, 0.2) is 67.0 Å². The third-order valence-electron chi connectivity index (χ3n) is 7.14. The van der Waals surface area contributed by atoms with Gasteiger partial charge < -0.3 is 10.4 Å². The molecule has 39 heavy (non-hydrogen) atoms. The van der Waals surface area contributed by atoms with E-state index in [1.807, 2.05) is 46.7 Å². The fourth-order valence-electron chi connectivity index (χ4n) is 4.98. The number of pyridine rings is 1. The number of aliphatic hydroxyl groups is 1. The second kappa shape index (κ2) is 11.2. The topological polar surface area (TPSA) is 73.1 Å². The molecule has 3 heterocycles. The Morgan fingerprint density at radius 2 is 1.79 bits per heavy atom. The number of hydrogen-bond acceptors (Lipinski definition) is 5. The largest absolute Gasteiger partial charge is 0.416 e. The number of aryl methyl sites for hydroxylation is 1. The van der Waals surface area contributed by atoms with Gasteiger partial charge in [0, 0.05) is 62.3 Å². The van der Waals surface area contributed by atoms with Gasteiger partial charge in [-0.25, -0.2) is 4.98 Å². The molecule has 1 aliphatic heterocycles. The maximum atomic E-state index is 14.0. The van der Waals surface area contributed by atoms with Gasteiger partial charge in [-0.05, 0) is 54.4 Å². The first kappa shape index (κ1) is 26.9. The summed E-state index contributed by atoms with van der Waals surface area (Å²) >= 11 is 0. The van der Waals surface area contributed by atoms with E-state index in [4.69, 9.17) is 5.11 Å². The molecule has 1 aliphatic rings. The third kappa shape index (κ3) is 5.98. The minimum atomic E-state index is -4.56. The SMILES string of the molecule is Cc1ccc(C(=O)Nc2ccc(CN3CCN(CCO)CC3)c(C(F)(F)F)c2)cc1-c1cnc2ccccn12. The number of nitrogens with one attached hydrogen (secondary N) is 1. The van der Waals surface area contributed by atoms with Crippen LogP contribution in [-0.2, 0) is 12.7 Å². The normalized spacial score (nSPS) is 15.1. The van der Waals surface area contributed by atoms with Crippen molar-refractivity contribution in [3.8, 4) is 11.3 Å². The number of nitrogens with zero attached hydrogens (tertiary/aromatic N) is 4. The Bertz CT molecular complexity index is 1480. The van der Waals surface area contributed by atoms with Gasteiger partial charge >= 0.3 is 6.18 Å². The van der Waals surface area contributed by atoms with Crippen LogP contribution in [0.2, 0.25) is 0 Å². The Morgan fingerprint density at radius 3 is 2.54 bits per heavy atom. The maximum Gasteiger partial charge on any atom is 0.416 e. The number of aliphatic hydroxyl groups excluding tert-OH is 1. The summed E-state index contributed by atoms with van der Waals surface area (Å²) in [7, 11) is 0. The molecule has 0 radical (unpaired) electrons. The number of benzene rings is 2. The first-order valence-electron chi connectivity index (χ1n) is 12.8. The number of anilines is 1. The Labute approximate surface area is 224 Å². The van der Waals surface area contributed by atoms with Crippen LogP contribution in [-0.4, -0.2) is 69.5 Å². The Kier molecular flexibility index (Phi) is 7.69. The molecule has 0 saturated carbocycles. The zero-order valence-corrected chi connectivity index (χ0v) is 21.6. The van der Waals surface area contributed by atoms with Crippen LogP contribution in [0.25, 0.3) is 16.9 Å². The number of hydrogen-bond donors (Lipinski definition) is 2. The van der Waals surface area contributed by atoms with E-state index in [2.05, 4.69) is 15.2 Å². The van der Waals surface area contributed by atoms with Gasteiger partial charge in [-0.2, -0.15) is 13.2 Å². The van der Waals surface area contributed by atoms with E-state index >= 15 is 0 Å². The van der Waals surface area contributed by atoms with E-state index in [-0.39, 0.29) is 24.4 Å². The summed E-state index contributed by atoms with van der Waals surface area (Å²) in [5.74, 6) is -0.494. The number of carbonyl (C=O) groups is 1. The number of amides is 1. The molecular formula is C29H30F3N5O2. The maximum absolute atomic E-state index is 14.0. The molecule has 1 fully saturated rings. The first-order chi connectivity index (χ1) is 18.7. The highest BCUT2D eigenvalue weighted by molar-refractivity contribution is 6.05. The average Bonchev–Trinajstić information content (AvgIpc) is 3.34. The Balaban J connectivity index is 1.35. The summed E-state index contributed by atoms with van der Waals surface area (Å²) in [6.45, 7) is 5.37. The third-order valence-corrected chi connectivity index (χ3v) is 7.14. The molecule has 7 nitrogen and oxygen atoms in total. The number of aromatic nitrogens is 2. The average molecular weight is 538 g/mol. The first-order valence-corrected chi connectivity index (χ1v) is 12.8. The Morgan fingerprint density at radius 1 is 1.03 bits per heavy atom. The summed E-state index contributed by atoms with van der Waals surface area (Å²) in [4.78, 5) is 21.6. The molecule has 4 aromatic rings. The molecule has 2 N–H and O–H groups in total. The van der Waals surface area contributed by atoms with Gasteiger partial charge in [0.1, 0.15) is 5.65 Å². The summed E-state index contributed by atoms with van der Waals surface area (Å²) in [6, 6.07) is 14.8. The molecule has 204 valence electrons. The van der Waals surface area contributed by atoms with E-state index in [1.165, 1.54) is 12.1 Å².